The van der Waals surface area contributed by atoms with Gasteiger partial charge in [-0.25, -0.2) is 4.98 Å². The lowest BCUT2D eigenvalue weighted by Gasteiger charge is -2.16. The number of amides is 1. The molecule has 0 spiro atoms. The number of halogens is 1. The predicted molar refractivity (Wildman–Crippen MR) is 82.3 cm³/mol. The van der Waals surface area contributed by atoms with Crippen molar-refractivity contribution >= 4 is 28.5 Å². The van der Waals surface area contributed by atoms with Crippen LogP contribution in [0.5, 0.6) is 0 Å². The van der Waals surface area contributed by atoms with Crippen molar-refractivity contribution < 1.29 is 4.79 Å². The lowest BCUT2D eigenvalue weighted by atomic mass is 10.2. The van der Waals surface area contributed by atoms with Crippen LogP contribution in [0.1, 0.15) is 31.3 Å². The second kappa shape index (κ2) is 6.27. The Balaban J connectivity index is 2.53. The summed E-state index contributed by atoms with van der Waals surface area (Å²) in [5.41, 5.74) is 3.06. The van der Waals surface area contributed by atoms with Crippen LogP contribution in [0, 0.1) is 6.92 Å². The standard InChI is InChI=1S/C15H20ClN3O/c1-4-17-15(20)11(3)19-13-6-5-10(2)9-12(13)18-14(19)7-8-16/h5-6,9,11H,4,7-8H2,1-3H3,(H,17,20). The van der Waals surface area contributed by atoms with Crippen LogP contribution < -0.4 is 5.32 Å². The van der Waals surface area contributed by atoms with Crippen LogP contribution in [0.2, 0.25) is 0 Å². The SMILES string of the molecule is CCNC(=O)C(C)n1c(CCCl)nc2cc(C)ccc21. The van der Waals surface area contributed by atoms with E-state index in [-0.39, 0.29) is 11.9 Å². The van der Waals surface area contributed by atoms with E-state index in [0.29, 0.717) is 18.8 Å². The second-order valence-corrected chi connectivity index (χ2v) is 5.28. The fraction of sp³-hybridized carbons (Fsp3) is 0.467. The molecule has 1 aromatic heterocycles. The normalized spacial score (nSPS) is 12.6. The van der Waals surface area contributed by atoms with E-state index < -0.39 is 0 Å². The molecular formula is C15H20ClN3O. The Morgan fingerprint density at radius 2 is 2.25 bits per heavy atom. The van der Waals surface area contributed by atoms with Gasteiger partial charge in [0.25, 0.3) is 0 Å². The van der Waals surface area contributed by atoms with Crippen LogP contribution in [0.25, 0.3) is 11.0 Å². The number of benzene rings is 1. The first kappa shape index (κ1) is 14.9. The van der Waals surface area contributed by atoms with Gasteiger partial charge in [-0.1, -0.05) is 6.07 Å². The quantitative estimate of drug-likeness (QED) is 0.862. The van der Waals surface area contributed by atoms with Gasteiger partial charge in [-0.3, -0.25) is 4.79 Å². The first-order valence-electron chi connectivity index (χ1n) is 6.89. The Morgan fingerprint density at radius 1 is 1.50 bits per heavy atom. The maximum absolute atomic E-state index is 12.1. The molecule has 1 amide bonds. The van der Waals surface area contributed by atoms with Crippen molar-refractivity contribution in [1.29, 1.82) is 0 Å². The van der Waals surface area contributed by atoms with Crippen molar-refractivity contribution in [2.24, 2.45) is 0 Å². The number of carbonyl (C=O) groups excluding carboxylic acids is 1. The van der Waals surface area contributed by atoms with Crippen LogP contribution in [-0.4, -0.2) is 27.9 Å². The van der Waals surface area contributed by atoms with Crippen LogP contribution >= 0.6 is 11.6 Å². The Morgan fingerprint density at radius 3 is 2.90 bits per heavy atom. The summed E-state index contributed by atoms with van der Waals surface area (Å²) in [4.78, 5) is 16.7. The molecule has 0 aliphatic heterocycles. The summed E-state index contributed by atoms with van der Waals surface area (Å²) in [5, 5.41) is 2.86. The molecule has 0 aliphatic carbocycles. The van der Waals surface area contributed by atoms with Gasteiger partial charge in [-0.2, -0.15) is 0 Å². The van der Waals surface area contributed by atoms with Crippen molar-refractivity contribution in [2.75, 3.05) is 12.4 Å². The molecule has 1 aromatic carbocycles. The Bertz CT molecular complexity index is 621. The lowest BCUT2D eigenvalue weighted by Crippen LogP contribution is -2.31. The number of nitrogens with zero attached hydrogens (tertiary/aromatic N) is 2. The van der Waals surface area contributed by atoms with E-state index in [9.17, 15) is 4.79 Å². The molecule has 2 aromatic rings. The molecule has 2 rings (SSSR count). The number of likely N-dealkylation sites (N-methyl/N-ethyl adjacent to an activating group) is 1. The number of nitrogens with one attached hydrogen (secondary N) is 1. The van der Waals surface area contributed by atoms with Gasteiger partial charge >= 0.3 is 0 Å². The molecule has 4 nitrogen and oxygen atoms in total. The predicted octanol–water partition coefficient (Wildman–Crippen LogP) is 2.82. The highest BCUT2D eigenvalue weighted by molar-refractivity contribution is 6.17. The second-order valence-electron chi connectivity index (χ2n) is 4.90. The van der Waals surface area contributed by atoms with Gasteiger partial charge in [0.2, 0.25) is 5.91 Å². The summed E-state index contributed by atoms with van der Waals surface area (Å²) < 4.78 is 1.99. The van der Waals surface area contributed by atoms with Crippen molar-refractivity contribution in [1.82, 2.24) is 14.9 Å². The van der Waals surface area contributed by atoms with Gasteiger partial charge < -0.3 is 9.88 Å². The molecular weight excluding hydrogens is 274 g/mol. The zero-order chi connectivity index (χ0) is 14.7. The number of aryl methyl sites for hydroxylation is 2. The summed E-state index contributed by atoms with van der Waals surface area (Å²) in [7, 11) is 0. The van der Waals surface area contributed by atoms with E-state index in [1.54, 1.807) is 0 Å². The molecule has 1 unspecified atom stereocenters. The third kappa shape index (κ3) is 2.80. The van der Waals surface area contributed by atoms with Gasteiger partial charge in [-0.05, 0) is 38.5 Å². The maximum atomic E-state index is 12.1. The van der Waals surface area contributed by atoms with E-state index in [1.165, 1.54) is 0 Å². The van der Waals surface area contributed by atoms with Gasteiger partial charge in [0.05, 0.1) is 11.0 Å². The first-order valence-corrected chi connectivity index (χ1v) is 7.43. The number of alkyl halides is 1. The topological polar surface area (TPSA) is 46.9 Å². The highest BCUT2D eigenvalue weighted by atomic mass is 35.5. The smallest absolute Gasteiger partial charge is 0.242 e. The average molecular weight is 294 g/mol. The molecule has 0 bridgehead atoms. The molecule has 0 aliphatic rings. The van der Waals surface area contributed by atoms with Gasteiger partial charge in [-0.15, -0.1) is 11.6 Å². The minimum atomic E-state index is -0.291. The third-order valence-corrected chi connectivity index (χ3v) is 3.54. The van der Waals surface area contributed by atoms with Gasteiger partial charge in [0.15, 0.2) is 0 Å². The number of rotatable bonds is 5. The highest BCUT2D eigenvalue weighted by Gasteiger charge is 2.20. The van der Waals surface area contributed by atoms with Crippen molar-refractivity contribution in [3.63, 3.8) is 0 Å². The maximum Gasteiger partial charge on any atom is 0.242 e. The van der Waals surface area contributed by atoms with E-state index >= 15 is 0 Å². The van der Waals surface area contributed by atoms with E-state index in [2.05, 4.69) is 10.3 Å². The van der Waals surface area contributed by atoms with Gasteiger partial charge in [0, 0.05) is 18.8 Å². The number of hydrogen-bond acceptors (Lipinski definition) is 2. The largest absolute Gasteiger partial charge is 0.355 e. The van der Waals surface area contributed by atoms with E-state index in [4.69, 9.17) is 11.6 Å². The van der Waals surface area contributed by atoms with Crippen molar-refractivity contribution in [2.45, 2.75) is 33.2 Å². The van der Waals surface area contributed by atoms with Crippen LogP contribution in [0.4, 0.5) is 0 Å². The molecule has 0 radical (unpaired) electrons. The number of hydrogen-bond donors (Lipinski definition) is 1. The minimum Gasteiger partial charge on any atom is -0.355 e. The number of imidazole rings is 1. The minimum absolute atomic E-state index is 0.00296. The van der Waals surface area contributed by atoms with Crippen molar-refractivity contribution in [3.05, 3.63) is 29.6 Å². The zero-order valence-electron chi connectivity index (χ0n) is 12.1. The number of aromatic nitrogens is 2. The number of fused-ring (bicyclic) bond motifs is 1. The zero-order valence-corrected chi connectivity index (χ0v) is 12.9. The molecule has 0 saturated carbocycles. The molecule has 20 heavy (non-hydrogen) atoms. The summed E-state index contributed by atoms with van der Waals surface area (Å²) in [6.45, 7) is 6.47. The van der Waals surface area contributed by atoms with Crippen LogP contribution in [0.3, 0.4) is 0 Å². The Labute approximate surface area is 124 Å². The third-order valence-electron chi connectivity index (χ3n) is 3.35. The fourth-order valence-corrected chi connectivity index (χ4v) is 2.56. The fourth-order valence-electron chi connectivity index (χ4n) is 2.39. The van der Waals surface area contributed by atoms with Gasteiger partial charge in [0.1, 0.15) is 11.9 Å². The highest BCUT2D eigenvalue weighted by Crippen LogP contribution is 2.23. The molecule has 1 heterocycles. The van der Waals surface area contributed by atoms with E-state index in [0.717, 1.165) is 22.4 Å². The van der Waals surface area contributed by atoms with Crippen LogP contribution in [0.15, 0.2) is 18.2 Å². The molecule has 108 valence electrons. The molecule has 0 saturated heterocycles. The lowest BCUT2D eigenvalue weighted by molar-refractivity contribution is -0.123. The van der Waals surface area contributed by atoms with Crippen molar-refractivity contribution in [3.8, 4) is 0 Å². The summed E-state index contributed by atoms with van der Waals surface area (Å²) in [6.07, 6.45) is 0.652. The first-order chi connectivity index (χ1) is 9.58. The monoisotopic (exact) mass is 293 g/mol. The Kier molecular flexibility index (Phi) is 4.65. The summed E-state index contributed by atoms with van der Waals surface area (Å²) >= 11 is 5.86. The molecule has 1 N–H and O–H groups in total. The molecule has 1 atom stereocenters. The average Bonchev–Trinajstić information content (AvgIpc) is 2.75. The molecule has 5 heteroatoms. The van der Waals surface area contributed by atoms with Crippen LogP contribution in [-0.2, 0) is 11.2 Å². The van der Waals surface area contributed by atoms with E-state index in [1.807, 2.05) is 43.5 Å². The summed E-state index contributed by atoms with van der Waals surface area (Å²) in [6, 6.07) is 5.80. The Hall–Kier alpha value is -1.55. The summed E-state index contributed by atoms with van der Waals surface area (Å²) in [5.74, 6) is 1.35. The molecule has 0 fully saturated rings. The number of carbonyl (C=O) groups is 1.